The first kappa shape index (κ1) is 25.1. The number of carbonyl (C=O) groups excluding carboxylic acids is 1. The third-order valence-corrected chi connectivity index (χ3v) is 5.14. The summed E-state index contributed by atoms with van der Waals surface area (Å²) in [6.45, 7) is 13.7. The molecule has 1 rings (SSSR count). The number of aldehydes is 1. The smallest absolute Gasteiger partial charge is 0.180 e. The van der Waals surface area contributed by atoms with E-state index in [-0.39, 0.29) is 6.04 Å². The number of anilines is 1. The summed E-state index contributed by atoms with van der Waals surface area (Å²) in [6, 6.07) is 7.85. The van der Waals surface area contributed by atoms with Crippen LogP contribution in [0.3, 0.4) is 0 Å². The number of benzene rings is 1. The Kier molecular flexibility index (Phi) is 13.0. The van der Waals surface area contributed by atoms with E-state index in [1.807, 2.05) is 43.0 Å². The zero-order valence-corrected chi connectivity index (χ0v) is 19.0. The summed E-state index contributed by atoms with van der Waals surface area (Å²) in [5, 5.41) is 4.10. The summed E-state index contributed by atoms with van der Waals surface area (Å²) < 4.78 is 5.52. The van der Waals surface area contributed by atoms with Crippen molar-refractivity contribution in [3.63, 3.8) is 0 Å². The number of ether oxygens (including phenoxy) is 1. The number of nitrogens with zero attached hydrogens (tertiary/aromatic N) is 2. The van der Waals surface area contributed by atoms with Crippen molar-refractivity contribution in [3.8, 4) is 5.75 Å². The predicted octanol–water partition coefficient (Wildman–Crippen LogP) is 4.77. The van der Waals surface area contributed by atoms with E-state index in [1.54, 1.807) is 6.20 Å². The fourth-order valence-electron chi connectivity index (χ4n) is 3.08. The molecule has 6 heteroatoms. The number of nitrogens with one attached hydrogen (secondary N) is 1. The van der Waals surface area contributed by atoms with Gasteiger partial charge in [-0.25, -0.2) is 0 Å². The molecule has 0 fully saturated rings. The highest BCUT2D eigenvalue weighted by Gasteiger charge is 2.21. The van der Waals surface area contributed by atoms with Gasteiger partial charge in [0.25, 0.3) is 0 Å². The molecule has 162 valence electrons. The lowest BCUT2D eigenvalue weighted by Gasteiger charge is -2.35. The molecule has 0 aromatic heterocycles. The minimum atomic E-state index is 0.0448. The molecular weight excluding hydrogens is 382 g/mol. The van der Waals surface area contributed by atoms with Gasteiger partial charge in [-0.15, -0.1) is 0 Å². The molecule has 0 radical (unpaired) electrons. The van der Waals surface area contributed by atoms with Crippen LogP contribution in [-0.2, 0) is 4.79 Å². The van der Waals surface area contributed by atoms with Crippen LogP contribution in [0.15, 0.2) is 37.0 Å². The van der Waals surface area contributed by atoms with Gasteiger partial charge in [-0.05, 0) is 82.7 Å². The zero-order chi connectivity index (χ0) is 21.5. The van der Waals surface area contributed by atoms with Crippen molar-refractivity contribution in [1.82, 2.24) is 10.2 Å². The lowest BCUT2D eigenvalue weighted by molar-refractivity contribution is -0.108. The van der Waals surface area contributed by atoms with Crippen molar-refractivity contribution in [2.45, 2.75) is 58.9 Å². The molecule has 1 atom stereocenters. The molecule has 0 heterocycles. The Morgan fingerprint density at radius 2 is 1.93 bits per heavy atom. The molecule has 1 aromatic rings. The number of rotatable bonds is 15. The van der Waals surface area contributed by atoms with Gasteiger partial charge in [0.15, 0.2) is 5.11 Å². The fourth-order valence-corrected chi connectivity index (χ4v) is 3.53. The van der Waals surface area contributed by atoms with Gasteiger partial charge in [-0.3, -0.25) is 4.90 Å². The van der Waals surface area contributed by atoms with Crippen LogP contribution < -0.4 is 15.0 Å². The first-order chi connectivity index (χ1) is 14.1. The second-order valence-corrected chi connectivity index (χ2v) is 7.38. The third kappa shape index (κ3) is 8.96. The van der Waals surface area contributed by atoms with Crippen molar-refractivity contribution in [3.05, 3.63) is 37.0 Å². The summed E-state index contributed by atoms with van der Waals surface area (Å²) in [5.41, 5.74) is 0.931. The van der Waals surface area contributed by atoms with Crippen LogP contribution in [0.5, 0.6) is 5.75 Å². The van der Waals surface area contributed by atoms with Gasteiger partial charge in [0.05, 0.1) is 6.61 Å². The number of thiocarbonyl (C=S) groups is 1. The second-order valence-electron chi connectivity index (χ2n) is 7.02. The van der Waals surface area contributed by atoms with Crippen molar-refractivity contribution in [2.24, 2.45) is 0 Å². The molecule has 1 aromatic carbocycles. The Labute approximate surface area is 182 Å². The molecule has 0 amide bonds. The monoisotopic (exact) mass is 419 g/mol. The molecule has 5 nitrogen and oxygen atoms in total. The van der Waals surface area contributed by atoms with Gasteiger partial charge in [-0.1, -0.05) is 19.9 Å². The topological polar surface area (TPSA) is 44.8 Å². The van der Waals surface area contributed by atoms with Crippen LogP contribution >= 0.6 is 12.2 Å². The molecule has 0 spiro atoms. The van der Waals surface area contributed by atoms with E-state index >= 15 is 0 Å². The van der Waals surface area contributed by atoms with Gasteiger partial charge in [0.1, 0.15) is 12.0 Å². The number of hydrogen-bond donors (Lipinski definition) is 1. The van der Waals surface area contributed by atoms with Crippen molar-refractivity contribution in [2.75, 3.05) is 31.1 Å². The number of hydrogen-bond acceptors (Lipinski definition) is 4. The Balaban J connectivity index is 2.76. The summed E-state index contributed by atoms with van der Waals surface area (Å²) >= 11 is 5.81. The highest BCUT2D eigenvalue weighted by atomic mass is 32.1. The normalized spacial score (nSPS) is 11.6. The van der Waals surface area contributed by atoms with Crippen LogP contribution in [0, 0.1) is 0 Å². The number of carbonyl (C=O) groups is 1. The highest BCUT2D eigenvalue weighted by Crippen LogP contribution is 2.22. The molecular formula is C23H37N3O2S. The van der Waals surface area contributed by atoms with E-state index in [2.05, 4.69) is 23.7 Å². The second kappa shape index (κ2) is 15.0. The molecule has 0 aliphatic heterocycles. The first-order valence-electron chi connectivity index (χ1n) is 10.7. The molecule has 0 aliphatic carbocycles. The lowest BCUT2D eigenvalue weighted by Crippen LogP contribution is -2.46. The van der Waals surface area contributed by atoms with E-state index in [0.29, 0.717) is 18.1 Å². The Morgan fingerprint density at radius 1 is 1.21 bits per heavy atom. The van der Waals surface area contributed by atoms with E-state index in [4.69, 9.17) is 17.0 Å². The van der Waals surface area contributed by atoms with Crippen LogP contribution in [-0.4, -0.2) is 48.6 Å². The molecule has 0 aliphatic rings. The Morgan fingerprint density at radius 3 is 2.52 bits per heavy atom. The van der Waals surface area contributed by atoms with Crippen molar-refractivity contribution in [1.29, 1.82) is 0 Å². The summed E-state index contributed by atoms with van der Waals surface area (Å²) in [5.74, 6) is 0.828. The molecule has 1 unspecified atom stereocenters. The average molecular weight is 420 g/mol. The largest absolute Gasteiger partial charge is 0.494 e. The van der Waals surface area contributed by atoms with E-state index in [9.17, 15) is 4.79 Å². The van der Waals surface area contributed by atoms with E-state index in [0.717, 1.165) is 63.0 Å². The van der Waals surface area contributed by atoms with Gasteiger partial charge in [-0.2, -0.15) is 0 Å². The predicted molar refractivity (Wildman–Crippen MR) is 127 cm³/mol. The molecule has 0 saturated carbocycles. The summed E-state index contributed by atoms with van der Waals surface area (Å²) in [6.07, 6.45) is 7.61. The molecule has 0 bridgehead atoms. The quantitative estimate of drug-likeness (QED) is 0.251. The maximum Gasteiger partial charge on any atom is 0.180 e. The van der Waals surface area contributed by atoms with Gasteiger partial charge >= 0.3 is 0 Å². The van der Waals surface area contributed by atoms with Crippen molar-refractivity contribution < 1.29 is 9.53 Å². The maximum absolute atomic E-state index is 11.1. The number of unbranched alkanes of at least 4 members (excludes halogenated alkanes) is 2. The van der Waals surface area contributed by atoms with E-state index < -0.39 is 0 Å². The summed E-state index contributed by atoms with van der Waals surface area (Å²) in [7, 11) is 0. The molecule has 0 saturated heterocycles. The lowest BCUT2D eigenvalue weighted by atomic mass is 10.1. The van der Waals surface area contributed by atoms with E-state index in [1.165, 1.54) is 0 Å². The standard InChI is InChI=1S/C23H37N3O2S/c1-5-16-24-17-9-8-10-18-26(20(4)15-19-27)23(29)25(6-2)21-11-13-22(14-12-21)28-7-3/h6,11-14,19-20,24H,2,5,7-10,15-18H2,1,3-4H3. The summed E-state index contributed by atoms with van der Waals surface area (Å²) in [4.78, 5) is 15.1. The van der Waals surface area contributed by atoms with Crippen LogP contribution in [0.25, 0.3) is 0 Å². The SMILES string of the molecule is C=CN(C(=S)N(CCCCCNCCC)C(C)CC=O)c1ccc(OCC)cc1. The molecule has 29 heavy (non-hydrogen) atoms. The zero-order valence-electron chi connectivity index (χ0n) is 18.2. The maximum atomic E-state index is 11.1. The van der Waals surface area contributed by atoms with Gasteiger partial charge < -0.3 is 19.7 Å². The fraction of sp³-hybridized carbons (Fsp3) is 0.565. The first-order valence-corrected chi connectivity index (χ1v) is 11.1. The Hall–Kier alpha value is -1.92. The van der Waals surface area contributed by atoms with Gasteiger partial charge in [0.2, 0.25) is 0 Å². The molecule has 1 N–H and O–H groups in total. The minimum absolute atomic E-state index is 0.0448. The van der Waals surface area contributed by atoms with Crippen molar-refractivity contribution >= 4 is 29.3 Å². The Bertz CT molecular complexity index is 607. The third-order valence-electron chi connectivity index (χ3n) is 4.71. The van der Waals surface area contributed by atoms with Gasteiger partial charge in [0, 0.05) is 30.9 Å². The van der Waals surface area contributed by atoms with Crippen LogP contribution in [0.2, 0.25) is 0 Å². The minimum Gasteiger partial charge on any atom is -0.494 e. The highest BCUT2D eigenvalue weighted by molar-refractivity contribution is 7.80. The van der Waals surface area contributed by atoms with Crippen LogP contribution in [0.1, 0.15) is 52.9 Å². The average Bonchev–Trinajstić information content (AvgIpc) is 2.72. The van der Waals surface area contributed by atoms with Crippen LogP contribution in [0.4, 0.5) is 5.69 Å².